The molecule has 4 amide bonds. The molecular weight excluding hydrogens is 550 g/mol. The molecule has 42 heavy (non-hydrogen) atoms. The highest BCUT2D eigenvalue weighted by molar-refractivity contribution is 7.98. The van der Waals surface area contributed by atoms with E-state index in [0.29, 0.717) is 36.9 Å². The molecule has 0 aliphatic heterocycles. The molecule has 6 N–H and O–H groups in total. The molecule has 4 aliphatic rings. The number of hydrogen-bond donors (Lipinski definition) is 5. The number of thioether (sulfide) groups is 1. The fraction of sp³-hybridized carbons (Fsp3) is 0.688. The van der Waals surface area contributed by atoms with Crippen molar-refractivity contribution < 1.29 is 19.2 Å². The lowest BCUT2D eigenvalue weighted by molar-refractivity contribution is -0.132. The van der Waals surface area contributed by atoms with Crippen LogP contribution in [0.15, 0.2) is 30.3 Å². The first-order chi connectivity index (χ1) is 20.1. The average molecular weight is 600 g/mol. The molecule has 4 aliphatic carbocycles. The molecule has 1 aromatic rings. The summed E-state index contributed by atoms with van der Waals surface area (Å²) in [5, 5.41) is 11.6. The maximum Gasteiger partial charge on any atom is 0.243 e. The van der Waals surface area contributed by atoms with E-state index in [1.807, 2.05) is 50.4 Å². The first-order valence-corrected chi connectivity index (χ1v) is 17.0. The Labute approximate surface area is 254 Å². The fourth-order valence-corrected chi connectivity index (χ4v) is 7.89. The molecule has 1 aromatic carbocycles. The molecule has 9 nitrogen and oxygen atoms in total. The fourth-order valence-electron chi connectivity index (χ4n) is 7.42. The minimum absolute atomic E-state index is 0.166. The second-order valence-corrected chi connectivity index (χ2v) is 14.1. The van der Waals surface area contributed by atoms with Crippen LogP contribution in [-0.2, 0) is 25.6 Å². The van der Waals surface area contributed by atoms with E-state index >= 15 is 0 Å². The number of amides is 4. The molecule has 0 unspecified atom stereocenters. The Bertz CT molecular complexity index is 1060. The van der Waals surface area contributed by atoms with Crippen LogP contribution in [0.1, 0.15) is 64.4 Å². The predicted molar refractivity (Wildman–Crippen MR) is 166 cm³/mol. The standard InChI is InChI=1S/C32H49N5O4S/c1-19(2)11-25(33)30(39)36-26(9-10-42-3)31(40)34-18-28(38)35-27(17-20-7-5-4-6-8-20)32(41)37-29-23-13-21-12-22(15-23)16-24(29)14-21/h4-8,19,21-27,29H,9-18,33H2,1-3H3,(H,34,40)(H,35,38)(H,36,39)(H,37,41)/t21?,22?,23?,24?,25-,26+,27-,29?/m0/s1. The monoisotopic (exact) mass is 599 g/mol. The minimum atomic E-state index is -0.795. The van der Waals surface area contributed by atoms with E-state index in [4.69, 9.17) is 5.73 Å². The van der Waals surface area contributed by atoms with Crippen molar-refractivity contribution in [3.05, 3.63) is 35.9 Å². The average Bonchev–Trinajstić information content (AvgIpc) is 2.95. The van der Waals surface area contributed by atoms with Crippen molar-refractivity contribution in [3.63, 3.8) is 0 Å². The lowest BCUT2D eigenvalue weighted by Gasteiger charge is -2.54. The number of nitrogens with two attached hydrogens (primary N) is 1. The van der Waals surface area contributed by atoms with E-state index < -0.39 is 29.9 Å². The normalized spacial score (nSPS) is 26.3. The molecule has 10 heteroatoms. The Kier molecular flexibility index (Phi) is 11.7. The SMILES string of the molecule is CSCC[C@@H](NC(=O)[C@@H](N)CC(C)C)C(=O)NCC(=O)N[C@@H](Cc1ccccc1)C(=O)NC1C2CC3CC(C2)CC1C3. The molecule has 4 bridgehead atoms. The molecule has 0 saturated heterocycles. The summed E-state index contributed by atoms with van der Waals surface area (Å²) in [4.78, 5) is 52.3. The van der Waals surface area contributed by atoms with E-state index in [0.717, 1.165) is 17.4 Å². The van der Waals surface area contributed by atoms with Crippen LogP contribution in [-0.4, -0.2) is 66.3 Å². The van der Waals surface area contributed by atoms with Crippen molar-refractivity contribution in [3.8, 4) is 0 Å². The van der Waals surface area contributed by atoms with Crippen LogP contribution in [0.3, 0.4) is 0 Å². The summed E-state index contributed by atoms with van der Waals surface area (Å²) in [6.07, 6.45) is 9.33. The van der Waals surface area contributed by atoms with Gasteiger partial charge >= 0.3 is 0 Å². The summed E-state index contributed by atoms with van der Waals surface area (Å²) < 4.78 is 0. The summed E-state index contributed by atoms with van der Waals surface area (Å²) in [6, 6.07) is 7.56. The van der Waals surface area contributed by atoms with Crippen molar-refractivity contribution >= 4 is 35.4 Å². The van der Waals surface area contributed by atoms with Crippen molar-refractivity contribution in [2.75, 3.05) is 18.6 Å². The lowest BCUT2D eigenvalue weighted by Crippen LogP contribution is -2.60. The third-order valence-corrected chi connectivity index (χ3v) is 9.84. The second kappa shape index (κ2) is 15.2. The molecule has 0 aromatic heterocycles. The van der Waals surface area contributed by atoms with Crippen LogP contribution in [0, 0.1) is 29.6 Å². The number of benzene rings is 1. The number of hydrogen-bond acceptors (Lipinski definition) is 6. The molecule has 4 fully saturated rings. The van der Waals surface area contributed by atoms with Gasteiger partial charge in [0.1, 0.15) is 12.1 Å². The van der Waals surface area contributed by atoms with Crippen LogP contribution < -0.4 is 27.0 Å². The zero-order valence-corrected chi connectivity index (χ0v) is 26.1. The van der Waals surface area contributed by atoms with Gasteiger partial charge in [-0.15, -0.1) is 0 Å². The van der Waals surface area contributed by atoms with Gasteiger partial charge in [-0.25, -0.2) is 0 Å². The topological polar surface area (TPSA) is 142 Å². The summed E-state index contributed by atoms with van der Waals surface area (Å²) in [7, 11) is 0. The van der Waals surface area contributed by atoms with Gasteiger partial charge in [0.25, 0.3) is 0 Å². The van der Waals surface area contributed by atoms with Gasteiger partial charge in [0.2, 0.25) is 23.6 Å². The molecule has 0 radical (unpaired) electrons. The van der Waals surface area contributed by atoms with Gasteiger partial charge in [0.05, 0.1) is 12.6 Å². The molecule has 5 rings (SSSR count). The van der Waals surface area contributed by atoms with Gasteiger partial charge < -0.3 is 27.0 Å². The second-order valence-electron chi connectivity index (χ2n) is 13.1. The third kappa shape index (κ3) is 8.96. The molecular formula is C32H49N5O4S. The van der Waals surface area contributed by atoms with E-state index in [9.17, 15) is 19.2 Å². The highest BCUT2D eigenvalue weighted by Crippen LogP contribution is 2.53. The number of carbonyl (C=O) groups is 4. The van der Waals surface area contributed by atoms with Crippen LogP contribution in [0.5, 0.6) is 0 Å². The number of nitrogens with one attached hydrogen (secondary N) is 4. The number of carbonyl (C=O) groups excluding carboxylic acids is 4. The van der Waals surface area contributed by atoms with Gasteiger partial charge in [-0.1, -0.05) is 44.2 Å². The summed E-state index contributed by atoms with van der Waals surface area (Å²) >= 11 is 1.57. The van der Waals surface area contributed by atoms with Gasteiger partial charge in [-0.2, -0.15) is 11.8 Å². The quantitative estimate of drug-likeness (QED) is 0.210. The van der Waals surface area contributed by atoms with E-state index in [2.05, 4.69) is 21.3 Å². The largest absolute Gasteiger partial charge is 0.351 e. The third-order valence-electron chi connectivity index (χ3n) is 9.20. The molecule has 4 saturated carbocycles. The Morgan fingerprint density at radius 1 is 0.881 bits per heavy atom. The molecule has 0 heterocycles. The highest BCUT2D eigenvalue weighted by Gasteiger charge is 2.49. The molecule has 0 spiro atoms. The smallest absolute Gasteiger partial charge is 0.243 e. The van der Waals surface area contributed by atoms with Crippen molar-refractivity contribution in [1.82, 2.24) is 21.3 Å². The number of rotatable bonds is 15. The predicted octanol–water partition coefficient (Wildman–Crippen LogP) is 2.38. The van der Waals surface area contributed by atoms with Crippen LogP contribution in [0.4, 0.5) is 0 Å². The van der Waals surface area contributed by atoms with Crippen molar-refractivity contribution in [2.45, 2.75) is 89.4 Å². The van der Waals surface area contributed by atoms with E-state index in [1.165, 1.54) is 32.1 Å². The van der Waals surface area contributed by atoms with Gasteiger partial charge in [0, 0.05) is 12.5 Å². The lowest BCUT2D eigenvalue weighted by atomic mass is 9.54. The van der Waals surface area contributed by atoms with E-state index in [1.54, 1.807) is 11.8 Å². The Balaban J connectivity index is 1.35. The van der Waals surface area contributed by atoms with Crippen LogP contribution in [0.25, 0.3) is 0 Å². The van der Waals surface area contributed by atoms with Crippen LogP contribution in [0.2, 0.25) is 0 Å². The maximum absolute atomic E-state index is 13.6. The first kappa shape index (κ1) is 32.3. The minimum Gasteiger partial charge on any atom is -0.351 e. The Hall–Kier alpha value is -2.59. The summed E-state index contributed by atoms with van der Waals surface area (Å²) in [6.45, 7) is 3.68. The van der Waals surface area contributed by atoms with Gasteiger partial charge in [-0.05, 0) is 92.1 Å². The molecule has 3 atom stereocenters. The zero-order chi connectivity index (χ0) is 30.2. The van der Waals surface area contributed by atoms with Gasteiger partial charge in [0.15, 0.2) is 0 Å². The van der Waals surface area contributed by atoms with Crippen LogP contribution >= 0.6 is 11.8 Å². The van der Waals surface area contributed by atoms with E-state index in [-0.39, 0.29) is 30.3 Å². The zero-order valence-electron chi connectivity index (χ0n) is 25.3. The molecule has 232 valence electrons. The highest BCUT2D eigenvalue weighted by atomic mass is 32.2. The van der Waals surface area contributed by atoms with Gasteiger partial charge in [-0.3, -0.25) is 19.2 Å². The first-order valence-electron chi connectivity index (χ1n) is 15.6. The Morgan fingerprint density at radius 2 is 1.52 bits per heavy atom. The summed E-state index contributed by atoms with van der Waals surface area (Å²) in [5.41, 5.74) is 6.97. The van der Waals surface area contributed by atoms with Crippen molar-refractivity contribution in [2.24, 2.45) is 35.3 Å². The Morgan fingerprint density at radius 3 is 2.12 bits per heavy atom. The summed E-state index contributed by atoms with van der Waals surface area (Å²) in [5.74, 6) is 2.14. The maximum atomic E-state index is 13.6. The van der Waals surface area contributed by atoms with Crippen molar-refractivity contribution in [1.29, 1.82) is 0 Å².